The van der Waals surface area contributed by atoms with Crippen LogP contribution in [0.5, 0.6) is 5.75 Å². The summed E-state index contributed by atoms with van der Waals surface area (Å²) in [4.78, 5) is 22.6. The van der Waals surface area contributed by atoms with E-state index in [9.17, 15) is 53.6 Å². The summed E-state index contributed by atoms with van der Waals surface area (Å²) in [5.74, 6) is -2.15. The summed E-state index contributed by atoms with van der Waals surface area (Å²) in [7, 11) is -14.4. The third kappa shape index (κ3) is 7.30. The van der Waals surface area contributed by atoms with E-state index >= 15 is 0 Å². The van der Waals surface area contributed by atoms with Gasteiger partial charge in [-0.25, -0.2) is 0 Å². The molecular weight excluding hydrogens is 693 g/mol. The number of rotatable bonds is 8. The minimum atomic E-state index is -5.11. The standard InChI is InChI=1S/C29H22N4O12S3/c1-15(34)30-24-14-23(47(40,41)42)12-19-13-25(48(43,44)45)27(28(35)26(19)24)33-32-20-6-2-16(3-7-20)29(36)31-21-8-4-18-11-22(46(37,38)39)9-5-17(18)10-21/h2-14,35H,1H3,(H,30,34)(H,31,36)(H,37,38,39)(H,40,41,42)(H,43,44,45). The van der Waals surface area contributed by atoms with Crippen molar-refractivity contribution in [2.24, 2.45) is 10.2 Å². The highest BCUT2D eigenvalue weighted by Gasteiger charge is 2.25. The van der Waals surface area contributed by atoms with E-state index in [4.69, 9.17) is 0 Å². The van der Waals surface area contributed by atoms with Gasteiger partial charge in [-0.2, -0.15) is 30.4 Å². The van der Waals surface area contributed by atoms with E-state index in [1.165, 1.54) is 48.5 Å². The molecule has 0 atom stereocenters. The van der Waals surface area contributed by atoms with Gasteiger partial charge in [-0.3, -0.25) is 23.2 Å². The second kappa shape index (κ2) is 12.4. The number of nitrogens with zero attached hydrogens (tertiary/aromatic N) is 2. The molecule has 0 aliphatic rings. The summed E-state index contributed by atoms with van der Waals surface area (Å²) in [6, 6.07) is 16.4. The summed E-state index contributed by atoms with van der Waals surface area (Å²) in [6.07, 6.45) is 0. The second-order valence-electron chi connectivity index (χ2n) is 10.2. The number of phenols is 1. The second-order valence-corrected chi connectivity index (χ2v) is 14.4. The first kappa shape index (κ1) is 34.0. The number of benzene rings is 5. The van der Waals surface area contributed by atoms with Crippen LogP contribution in [0.4, 0.5) is 22.7 Å². The van der Waals surface area contributed by atoms with Crippen LogP contribution >= 0.6 is 0 Å². The Bertz CT molecular complexity index is 2540. The zero-order chi connectivity index (χ0) is 35.2. The topological polar surface area (TPSA) is 266 Å². The smallest absolute Gasteiger partial charge is 0.296 e. The minimum absolute atomic E-state index is 0.0662. The molecule has 0 heterocycles. The molecule has 0 radical (unpaired) electrons. The monoisotopic (exact) mass is 714 g/mol. The molecule has 0 spiro atoms. The van der Waals surface area contributed by atoms with Gasteiger partial charge in [0.05, 0.1) is 21.2 Å². The van der Waals surface area contributed by atoms with Crippen LogP contribution < -0.4 is 10.6 Å². The number of hydrogen-bond acceptors (Lipinski definition) is 11. The molecule has 5 aromatic rings. The largest absolute Gasteiger partial charge is 0.505 e. The number of carbonyl (C=O) groups excluding carboxylic acids is 2. The lowest BCUT2D eigenvalue weighted by Gasteiger charge is -2.14. The highest BCUT2D eigenvalue weighted by Crippen LogP contribution is 2.45. The van der Waals surface area contributed by atoms with Crippen LogP contribution in [0.15, 0.2) is 104 Å². The number of amides is 2. The van der Waals surface area contributed by atoms with Gasteiger partial charge in [-0.15, -0.1) is 5.11 Å². The van der Waals surface area contributed by atoms with Crippen LogP contribution in [0.2, 0.25) is 0 Å². The van der Waals surface area contributed by atoms with Crippen LogP contribution in [-0.4, -0.2) is 55.8 Å². The summed E-state index contributed by atoms with van der Waals surface area (Å²) < 4.78 is 99.4. The highest BCUT2D eigenvalue weighted by atomic mass is 32.2. The van der Waals surface area contributed by atoms with Crippen molar-refractivity contribution in [2.45, 2.75) is 21.6 Å². The van der Waals surface area contributed by atoms with Crippen LogP contribution in [0, 0.1) is 0 Å². The lowest BCUT2D eigenvalue weighted by Crippen LogP contribution is -2.11. The Morgan fingerprint density at radius 1 is 0.646 bits per heavy atom. The van der Waals surface area contributed by atoms with E-state index < -0.39 is 63.4 Å². The van der Waals surface area contributed by atoms with Gasteiger partial charge in [-0.05, 0) is 82.9 Å². The van der Waals surface area contributed by atoms with Crippen molar-refractivity contribution >= 4 is 86.5 Å². The highest BCUT2D eigenvalue weighted by molar-refractivity contribution is 7.86. The molecule has 0 saturated carbocycles. The molecule has 248 valence electrons. The molecule has 0 bridgehead atoms. The zero-order valence-corrected chi connectivity index (χ0v) is 26.6. The number of fused-ring (bicyclic) bond motifs is 2. The number of anilines is 2. The number of azo groups is 1. The third-order valence-corrected chi connectivity index (χ3v) is 9.32. The molecule has 2 amide bonds. The van der Waals surface area contributed by atoms with Crippen molar-refractivity contribution in [3.63, 3.8) is 0 Å². The van der Waals surface area contributed by atoms with Gasteiger partial charge in [0.15, 0.2) is 5.75 Å². The number of nitrogens with one attached hydrogen (secondary N) is 2. The Kier molecular flexibility index (Phi) is 8.77. The van der Waals surface area contributed by atoms with Crippen LogP contribution in [0.25, 0.3) is 21.5 Å². The molecule has 5 rings (SSSR count). The van der Waals surface area contributed by atoms with E-state index in [0.29, 0.717) is 16.5 Å². The molecular formula is C29H22N4O12S3. The fraction of sp³-hybridized carbons (Fsp3) is 0.0345. The van der Waals surface area contributed by atoms with E-state index in [0.717, 1.165) is 25.1 Å². The van der Waals surface area contributed by atoms with Gasteiger partial charge in [0.25, 0.3) is 36.3 Å². The molecule has 0 saturated heterocycles. The summed E-state index contributed by atoms with van der Waals surface area (Å²) in [6.45, 7) is 1.08. The van der Waals surface area contributed by atoms with Gasteiger partial charge >= 0.3 is 0 Å². The molecule has 0 aliphatic carbocycles. The van der Waals surface area contributed by atoms with Crippen LogP contribution in [0.1, 0.15) is 17.3 Å². The summed E-state index contributed by atoms with van der Waals surface area (Å²) in [5.41, 5.74) is -0.483. The molecule has 0 aromatic heterocycles. The lowest BCUT2D eigenvalue weighted by atomic mass is 10.1. The summed E-state index contributed by atoms with van der Waals surface area (Å²) in [5, 5.41) is 24.2. The molecule has 0 aliphatic heterocycles. The van der Waals surface area contributed by atoms with Gasteiger partial charge in [0, 0.05) is 23.6 Å². The fourth-order valence-electron chi connectivity index (χ4n) is 4.64. The first-order valence-corrected chi connectivity index (χ1v) is 17.5. The Balaban J connectivity index is 1.45. The maximum Gasteiger partial charge on any atom is 0.296 e. The van der Waals surface area contributed by atoms with Crippen molar-refractivity contribution in [3.05, 3.63) is 84.4 Å². The number of phenolic OH excluding ortho intramolecular Hbond substituents is 1. The Morgan fingerprint density at radius 3 is 1.85 bits per heavy atom. The van der Waals surface area contributed by atoms with Crippen LogP contribution in [0.3, 0.4) is 0 Å². The Morgan fingerprint density at radius 2 is 1.25 bits per heavy atom. The molecule has 48 heavy (non-hydrogen) atoms. The normalized spacial score (nSPS) is 12.4. The Labute approximate surface area is 272 Å². The predicted octanol–water partition coefficient (Wildman–Crippen LogP) is 5.06. The number of aromatic hydroxyl groups is 1. The number of carbonyl (C=O) groups is 2. The average Bonchev–Trinajstić information content (AvgIpc) is 2.98. The quantitative estimate of drug-likeness (QED) is 0.0909. The summed E-state index contributed by atoms with van der Waals surface area (Å²) >= 11 is 0. The van der Waals surface area contributed by atoms with E-state index in [2.05, 4.69) is 20.9 Å². The minimum Gasteiger partial charge on any atom is -0.505 e. The van der Waals surface area contributed by atoms with Crippen LogP contribution in [-0.2, 0) is 35.1 Å². The first-order valence-electron chi connectivity index (χ1n) is 13.2. The van der Waals surface area contributed by atoms with Crippen molar-refractivity contribution in [1.29, 1.82) is 0 Å². The van der Waals surface area contributed by atoms with Gasteiger partial charge in [-0.1, -0.05) is 12.1 Å². The number of hydrogen-bond donors (Lipinski definition) is 6. The molecule has 0 unspecified atom stereocenters. The van der Waals surface area contributed by atoms with E-state index in [1.807, 2.05) is 0 Å². The zero-order valence-electron chi connectivity index (χ0n) is 24.2. The Hall–Kier alpha value is -5.31. The molecule has 16 nitrogen and oxygen atoms in total. The SMILES string of the molecule is CC(=O)Nc1cc(S(=O)(=O)O)cc2cc(S(=O)(=O)O)c(N=Nc3ccc(C(=O)Nc4ccc5cc(S(=O)(=O)O)ccc5c4)cc3)c(O)c12. The molecule has 6 N–H and O–H groups in total. The van der Waals surface area contributed by atoms with Crippen molar-refractivity contribution in [1.82, 2.24) is 0 Å². The van der Waals surface area contributed by atoms with E-state index in [1.54, 1.807) is 12.1 Å². The van der Waals surface area contributed by atoms with Crippen molar-refractivity contribution < 1.29 is 53.6 Å². The van der Waals surface area contributed by atoms with E-state index in [-0.39, 0.29) is 32.6 Å². The fourth-order valence-corrected chi connectivity index (χ4v) is 6.36. The molecule has 0 fully saturated rings. The maximum absolute atomic E-state index is 12.9. The first-order chi connectivity index (χ1) is 22.3. The molecule has 5 aromatic carbocycles. The van der Waals surface area contributed by atoms with Gasteiger partial charge in [0.1, 0.15) is 10.6 Å². The maximum atomic E-state index is 12.9. The van der Waals surface area contributed by atoms with Crippen molar-refractivity contribution in [2.75, 3.05) is 10.6 Å². The average molecular weight is 715 g/mol. The van der Waals surface area contributed by atoms with Gasteiger partial charge < -0.3 is 15.7 Å². The third-order valence-electron chi connectivity index (χ3n) is 6.77. The predicted molar refractivity (Wildman–Crippen MR) is 172 cm³/mol. The lowest BCUT2D eigenvalue weighted by molar-refractivity contribution is -0.114. The van der Waals surface area contributed by atoms with Gasteiger partial charge in [0.2, 0.25) is 5.91 Å². The van der Waals surface area contributed by atoms with Crippen molar-refractivity contribution in [3.8, 4) is 5.75 Å². The molecule has 19 heteroatoms.